The molecule has 0 aromatic heterocycles. The van der Waals surface area contributed by atoms with Crippen LogP contribution in [0.15, 0.2) is 48.5 Å². The molecule has 1 saturated carbocycles. The van der Waals surface area contributed by atoms with E-state index in [2.05, 4.69) is 10.6 Å². The van der Waals surface area contributed by atoms with Gasteiger partial charge < -0.3 is 15.4 Å². The molecule has 2 aromatic carbocycles. The molecule has 6 nitrogen and oxygen atoms in total. The van der Waals surface area contributed by atoms with E-state index in [4.69, 9.17) is 4.74 Å². The first-order valence-corrected chi connectivity index (χ1v) is 8.48. The predicted molar refractivity (Wildman–Crippen MR) is 96.7 cm³/mol. The van der Waals surface area contributed by atoms with Gasteiger partial charge in [0.1, 0.15) is 5.75 Å². The molecule has 26 heavy (non-hydrogen) atoms. The summed E-state index contributed by atoms with van der Waals surface area (Å²) >= 11 is 0. The maximum absolute atomic E-state index is 12.4. The van der Waals surface area contributed by atoms with E-state index in [0.29, 0.717) is 23.5 Å². The van der Waals surface area contributed by atoms with Gasteiger partial charge in [-0.3, -0.25) is 14.4 Å². The third-order valence-electron chi connectivity index (χ3n) is 3.96. The molecule has 2 N–H and O–H groups in total. The van der Waals surface area contributed by atoms with Crippen LogP contribution >= 0.6 is 0 Å². The Morgan fingerprint density at radius 2 is 1.85 bits per heavy atom. The highest BCUT2D eigenvalue weighted by atomic mass is 16.5. The van der Waals surface area contributed by atoms with E-state index in [0.717, 1.165) is 18.4 Å². The molecule has 2 aromatic rings. The highest BCUT2D eigenvalue weighted by Gasteiger charge is 2.29. The Labute approximate surface area is 151 Å². The van der Waals surface area contributed by atoms with Gasteiger partial charge in [-0.25, -0.2) is 0 Å². The van der Waals surface area contributed by atoms with Crippen molar-refractivity contribution in [2.75, 3.05) is 5.32 Å². The van der Waals surface area contributed by atoms with Crippen LogP contribution in [-0.2, 0) is 16.1 Å². The van der Waals surface area contributed by atoms with Gasteiger partial charge in [-0.05, 0) is 48.7 Å². The number of hydrogen-bond donors (Lipinski definition) is 2. The molecule has 0 spiro atoms. The topological polar surface area (TPSA) is 84.5 Å². The average Bonchev–Trinajstić information content (AvgIpc) is 3.45. The summed E-state index contributed by atoms with van der Waals surface area (Å²) in [7, 11) is 0. The van der Waals surface area contributed by atoms with Crippen molar-refractivity contribution in [3.63, 3.8) is 0 Å². The van der Waals surface area contributed by atoms with Gasteiger partial charge in [-0.15, -0.1) is 0 Å². The number of carbonyl (C=O) groups is 3. The van der Waals surface area contributed by atoms with Gasteiger partial charge >= 0.3 is 5.97 Å². The second-order valence-electron chi connectivity index (χ2n) is 6.27. The molecule has 0 unspecified atom stereocenters. The lowest BCUT2D eigenvalue weighted by molar-refractivity contribution is -0.131. The van der Waals surface area contributed by atoms with Gasteiger partial charge in [0.05, 0.1) is 0 Å². The van der Waals surface area contributed by atoms with Crippen molar-refractivity contribution < 1.29 is 19.1 Å². The van der Waals surface area contributed by atoms with E-state index in [-0.39, 0.29) is 17.7 Å². The van der Waals surface area contributed by atoms with Crippen LogP contribution in [0.4, 0.5) is 5.69 Å². The minimum atomic E-state index is -0.441. The van der Waals surface area contributed by atoms with Gasteiger partial charge in [0.25, 0.3) is 5.91 Å². The molecule has 0 bridgehead atoms. The summed E-state index contributed by atoms with van der Waals surface area (Å²) in [6.45, 7) is 1.74. The van der Waals surface area contributed by atoms with Crippen molar-refractivity contribution in [2.24, 2.45) is 5.92 Å². The standard InChI is InChI=1S/C20H20N2O4/c1-13(23)26-18-7-3-5-16(11-18)20(25)22-17-6-2-4-14(10-17)12-21-19(24)15-8-9-15/h2-7,10-11,15H,8-9,12H2,1H3,(H,21,24)(H,22,25). The number of amides is 2. The fraction of sp³-hybridized carbons (Fsp3) is 0.250. The van der Waals surface area contributed by atoms with E-state index >= 15 is 0 Å². The molecule has 1 aliphatic rings. The Morgan fingerprint density at radius 1 is 1.08 bits per heavy atom. The zero-order chi connectivity index (χ0) is 18.5. The largest absolute Gasteiger partial charge is 0.427 e. The summed E-state index contributed by atoms with van der Waals surface area (Å²) < 4.78 is 4.99. The SMILES string of the molecule is CC(=O)Oc1cccc(C(=O)Nc2cccc(CNC(=O)C3CC3)c2)c1. The monoisotopic (exact) mass is 352 g/mol. The first-order valence-electron chi connectivity index (χ1n) is 8.48. The fourth-order valence-corrected chi connectivity index (χ4v) is 2.51. The third kappa shape index (κ3) is 4.92. The van der Waals surface area contributed by atoms with Crippen LogP contribution < -0.4 is 15.4 Å². The van der Waals surface area contributed by atoms with E-state index in [1.165, 1.54) is 13.0 Å². The van der Waals surface area contributed by atoms with Crippen LogP contribution in [0.1, 0.15) is 35.7 Å². The third-order valence-corrected chi connectivity index (χ3v) is 3.96. The second kappa shape index (κ2) is 7.82. The number of esters is 1. The Bertz CT molecular complexity index is 843. The number of rotatable bonds is 6. The van der Waals surface area contributed by atoms with Crippen LogP contribution in [0.5, 0.6) is 5.75 Å². The van der Waals surface area contributed by atoms with Gasteiger partial charge in [0.15, 0.2) is 0 Å². The summed E-state index contributed by atoms with van der Waals surface area (Å²) in [5.41, 5.74) is 1.92. The van der Waals surface area contributed by atoms with Crippen LogP contribution in [-0.4, -0.2) is 17.8 Å². The Kier molecular flexibility index (Phi) is 5.31. The summed E-state index contributed by atoms with van der Waals surface area (Å²) in [6, 6.07) is 13.7. The average molecular weight is 352 g/mol. The molecule has 1 fully saturated rings. The number of carbonyl (C=O) groups excluding carboxylic acids is 3. The van der Waals surface area contributed by atoms with Crippen LogP contribution in [0.25, 0.3) is 0 Å². The maximum Gasteiger partial charge on any atom is 0.308 e. The highest BCUT2D eigenvalue weighted by molar-refractivity contribution is 6.04. The fourth-order valence-electron chi connectivity index (χ4n) is 2.51. The van der Waals surface area contributed by atoms with Gasteiger partial charge in [-0.2, -0.15) is 0 Å². The first kappa shape index (κ1) is 17.7. The zero-order valence-electron chi connectivity index (χ0n) is 14.5. The molecule has 2 amide bonds. The summed E-state index contributed by atoms with van der Waals surface area (Å²) in [4.78, 5) is 35.1. The lowest BCUT2D eigenvalue weighted by Crippen LogP contribution is -2.24. The van der Waals surface area contributed by atoms with Gasteiger partial charge in [0, 0.05) is 30.6 Å². The molecular formula is C20H20N2O4. The lowest BCUT2D eigenvalue weighted by atomic mass is 10.1. The summed E-state index contributed by atoms with van der Waals surface area (Å²) in [5.74, 6) is -0.174. The van der Waals surface area contributed by atoms with Crippen molar-refractivity contribution in [3.8, 4) is 5.75 Å². The van der Waals surface area contributed by atoms with Crippen molar-refractivity contribution in [2.45, 2.75) is 26.3 Å². The quantitative estimate of drug-likeness (QED) is 0.618. The number of nitrogens with one attached hydrogen (secondary N) is 2. The second-order valence-corrected chi connectivity index (χ2v) is 6.27. The summed E-state index contributed by atoms with van der Waals surface area (Å²) in [6.07, 6.45) is 1.93. The minimum Gasteiger partial charge on any atom is -0.427 e. The van der Waals surface area contributed by atoms with Crippen molar-refractivity contribution >= 4 is 23.5 Å². The van der Waals surface area contributed by atoms with E-state index in [1.807, 2.05) is 18.2 Å². The zero-order valence-corrected chi connectivity index (χ0v) is 14.5. The molecule has 1 aliphatic carbocycles. The molecule has 0 saturated heterocycles. The van der Waals surface area contributed by atoms with Gasteiger partial charge in [0.2, 0.25) is 5.91 Å². The van der Waals surface area contributed by atoms with Crippen LogP contribution in [0, 0.1) is 5.92 Å². The van der Waals surface area contributed by atoms with E-state index in [9.17, 15) is 14.4 Å². The van der Waals surface area contributed by atoms with Gasteiger partial charge in [-0.1, -0.05) is 18.2 Å². The smallest absolute Gasteiger partial charge is 0.308 e. The molecular weight excluding hydrogens is 332 g/mol. The first-order chi connectivity index (χ1) is 12.5. The van der Waals surface area contributed by atoms with Crippen LogP contribution in [0.2, 0.25) is 0 Å². The molecule has 0 radical (unpaired) electrons. The number of ether oxygens (including phenoxy) is 1. The van der Waals surface area contributed by atoms with E-state index < -0.39 is 5.97 Å². The molecule has 3 rings (SSSR count). The van der Waals surface area contributed by atoms with Crippen molar-refractivity contribution in [3.05, 3.63) is 59.7 Å². The number of hydrogen-bond acceptors (Lipinski definition) is 4. The number of anilines is 1. The van der Waals surface area contributed by atoms with Crippen molar-refractivity contribution in [1.82, 2.24) is 5.32 Å². The Morgan fingerprint density at radius 3 is 2.58 bits per heavy atom. The summed E-state index contributed by atoms with van der Waals surface area (Å²) in [5, 5.41) is 5.71. The van der Waals surface area contributed by atoms with Crippen molar-refractivity contribution in [1.29, 1.82) is 0 Å². The maximum atomic E-state index is 12.4. The molecule has 0 aliphatic heterocycles. The Hall–Kier alpha value is -3.15. The molecule has 0 atom stereocenters. The number of benzene rings is 2. The Balaban J connectivity index is 1.62. The van der Waals surface area contributed by atoms with Crippen LogP contribution in [0.3, 0.4) is 0 Å². The lowest BCUT2D eigenvalue weighted by Gasteiger charge is -2.09. The minimum absolute atomic E-state index is 0.0849. The normalized spacial score (nSPS) is 13.0. The molecule has 6 heteroatoms. The predicted octanol–water partition coefficient (Wildman–Crippen LogP) is 2.89. The highest BCUT2D eigenvalue weighted by Crippen LogP contribution is 2.28. The molecule has 134 valence electrons. The van der Waals surface area contributed by atoms with E-state index in [1.54, 1.807) is 24.3 Å². The molecule has 0 heterocycles.